The van der Waals surface area contributed by atoms with E-state index in [0.29, 0.717) is 11.3 Å². The van der Waals surface area contributed by atoms with E-state index in [1.165, 1.54) is 6.08 Å². The fourth-order valence-electron chi connectivity index (χ4n) is 1.46. The van der Waals surface area contributed by atoms with Gasteiger partial charge in [-0.05, 0) is 35.9 Å². The summed E-state index contributed by atoms with van der Waals surface area (Å²) >= 11 is 0. The van der Waals surface area contributed by atoms with E-state index in [2.05, 4.69) is 4.98 Å². The first-order chi connectivity index (χ1) is 8.27. The first-order valence-corrected chi connectivity index (χ1v) is 5.24. The molecule has 0 aliphatic carbocycles. The summed E-state index contributed by atoms with van der Waals surface area (Å²) in [6, 6.07) is 10.7. The molecule has 0 saturated heterocycles. The highest BCUT2D eigenvalue weighted by molar-refractivity contribution is 6.10. The number of rotatable bonds is 3. The molecule has 84 valence electrons. The van der Waals surface area contributed by atoms with Crippen LogP contribution in [0.25, 0.3) is 6.08 Å². The highest BCUT2D eigenvalue weighted by Gasteiger charge is 2.04. The van der Waals surface area contributed by atoms with E-state index in [0.717, 1.165) is 5.56 Å². The van der Waals surface area contributed by atoms with Gasteiger partial charge in [0.25, 0.3) is 0 Å². The second-order valence-electron chi connectivity index (χ2n) is 3.57. The fraction of sp³-hybridized carbons (Fsp3) is 0. The lowest BCUT2D eigenvalue weighted by Crippen LogP contribution is -1.99. The molecule has 1 aromatic heterocycles. The third kappa shape index (κ3) is 2.78. The van der Waals surface area contributed by atoms with Crippen molar-refractivity contribution in [2.24, 2.45) is 0 Å². The van der Waals surface area contributed by atoms with Crippen LogP contribution in [-0.4, -0.2) is 10.8 Å². The first kappa shape index (κ1) is 11.1. The topological polar surface area (TPSA) is 56.0 Å². The molecule has 3 nitrogen and oxygen atoms in total. The van der Waals surface area contributed by atoms with Crippen molar-refractivity contribution in [1.29, 1.82) is 0 Å². The summed E-state index contributed by atoms with van der Waals surface area (Å²) < 4.78 is 0. The van der Waals surface area contributed by atoms with Gasteiger partial charge in [-0.15, -0.1) is 0 Å². The summed E-state index contributed by atoms with van der Waals surface area (Å²) in [6.45, 7) is 0. The highest BCUT2D eigenvalue weighted by Crippen LogP contribution is 2.12. The molecule has 0 bridgehead atoms. The zero-order valence-corrected chi connectivity index (χ0v) is 9.21. The second kappa shape index (κ2) is 5.07. The number of hydrogen-bond donors (Lipinski definition) is 1. The molecule has 0 fully saturated rings. The van der Waals surface area contributed by atoms with Crippen molar-refractivity contribution in [3.63, 3.8) is 0 Å². The predicted octanol–water partition coefficient (Wildman–Crippen LogP) is 2.56. The molecule has 17 heavy (non-hydrogen) atoms. The number of nitrogens with zero attached hydrogens (tertiary/aromatic N) is 1. The normalized spacial score (nSPS) is 10.6. The Morgan fingerprint density at radius 2 is 1.82 bits per heavy atom. The maximum Gasteiger partial charge on any atom is 0.187 e. The van der Waals surface area contributed by atoms with Crippen molar-refractivity contribution < 1.29 is 4.79 Å². The van der Waals surface area contributed by atoms with E-state index < -0.39 is 0 Å². The number of hydrogen-bond acceptors (Lipinski definition) is 3. The van der Waals surface area contributed by atoms with Crippen LogP contribution in [0.5, 0.6) is 0 Å². The lowest BCUT2D eigenvalue weighted by Gasteiger charge is -1.99. The molecule has 0 unspecified atom stereocenters. The molecule has 0 aliphatic rings. The van der Waals surface area contributed by atoms with Crippen molar-refractivity contribution in [3.8, 4) is 0 Å². The van der Waals surface area contributed by atoms with Gasteiger partial charge in [0.05, 0.1) is 0 Å². The predicted molar refractivity (Wildman–Crippen MR) is 68.5 cm³/mol. The molecule has 0 spiro atoms. The number of nitrogen functional groups attached to an aromatic ring is 1. The molecule has 0 atom stereocenters. The summed E-state index contributed by atoms with van der Waals surface area (Å²) in [5.74, 6) is -0.0973. The van der Waals surface area contributed by atoms with E-state index in [4.69, 9.17) is 5.73 Å². The molecular formula is C14H12N2O. The third-order valence-electron chi connectivity index (χ3n) is 2.36. The second-order valence-corrected chi connectivity index (χ2v) is 3.57. The minimum Gasteiger partial charge on any atom is -0.398 e. The SMILES string of the molecule is Nc1ccccc1C(=O)/C=C/c1ccncc1. The molecule has 0 amide bonds. The molecular weight excluding hydrogens is 212 g/mol. The fourth-order valence-corrected chi connectivity index (χ4v) is 1.46. The minimum atomic E-state index is -0.0973. The minimum absolute atomic E-state index is 0.0973. The van der Waals surface area contributed by atoms with E-state index in [-0.39, 0.29) is 5.78 Å². The Morgan fingerprint density at radius 1 is 1.12 bits per heavy atom. The molecule has 1 aromatic carbocycles. The summed E-state index contributed by atoms with van der Waals surface area (Å²) in [4.78, 5) is 15.8. The highest BCUT2D eigenvalue weighted by atomic mass is 16.1. The van der Waals surface area contributed by atoms with Gasteiger partial charge in [-0.25, -0.2) is 0 Å². The monoisotopic (exact) mass is 224 g/mol. The summed E-state index contributed by atoms with van der Waals surface area (Å²) in [5.41, 5.74) is 7.68. The zero-order valence-electron chi connectivity index (χ0n) is 9.21. The van der Waals surface area contributed by atoms with Gasteiger partial charge >= 0.3 is 0 Å². The maximum atomic E-state index is 11.9. The van der Waals surface area contributed by atoms with E-state index >= 15 is 0 Å². The quantitative estimate of drug-likeness (QED) is 0.495. The zero-order chi connectivity index (χ0) is 12.1. The molecule has 0 radical (unpaired) electrons. The Bertz CT molecular complexity index is 547. The number of para-hydroxylation sites is 1. The molecule has 0 saturated carbocycles. The third-order valence-corrected chi connectivity index (χ3v) is 2.36. The van der Waals surface area contributed by atoms with Crippen LogP contribution >= 0.6 is 0 Å². The van der Waals surface area contributed by atoms with Crippen LogP contribution < -0.4 is 5.73 Å². The van der Waals surface area contributed by atoms with Gasteiger partial charge < -0.3 is 5.73 Å². The van der Waals surface area contributed by atoms with Crippen molar-refractivity contribution in [3.05, 3.63) is 66.0 Å². The van der Waals surface area contributed by atoms with Gasteiger partial charge in [0.2, 0.25) is 0 Å². The van der Waals surface area contributed by atoms with Crippen molar-refractivity contribution >= 4 is 17.5 Å². The number of pyridine rings is 1. The smallest absolute Gasteiger partial charge is 0.187 e. The van der Waals surface area contributed by atoms with Crippen LogP contribution in [0.2, 0.25) is 0 Å². The van der Waals surface area contributed by atoms with Gasteiger partial charge in [0.15, 0.2) is 5.78 Å². The molecule has 2 rings (SSSR count). The van der Waals surface area contributed by atoms with Crippen LogP contribution in [0.4, 0.5) is 5.69 Å². The molecule has 2 N–H and O–H groups in total. The van der Waals surface area contributed by atoms with Crippen LogP contribution in [-0.2, 0) is 0 Å². The average molecular weight is 224 g/mol. The molecule has 3 heteroatoms. The van der Waals surface area contributed by atoms with Gasteiger partial charge in [0, 0.05) is 23.6 Å². The number of anilines is 1. The number of benzene rings is 1. The standard InChI is InChI=1S/C14H12N2O/c15-13-4-2-1-3-12(13)14(17)6-5-11-7-9-16-10-8-11/h1-10H,15H2/b6-5+. The number of allylic oxidation sites excluding steroid dienone is 1. The summed E-state index contributed by atoms with van der Waals surface area (Å²) in [5, 5.41) is 0. The van der Waals surface area contributed by atoms with Crippen LogP contribution in [0.15, 0.2) is 54.9 Å². The number of carbonyl (C=O) groups excluding carboxylic acids is 1. The van der Waals surface area contributed by atoms with Gasteiger partial charge in [-0.2, -0.15) is 0 Å². The Hall–Kier alpha value is -2.42. The Kier molecular flexibility index (Phi) is 3.31. The number of aromatic nitrogens is 1. The van der Waals surface area contributed by atoms with Crippen LogP contribution in [0, 0.1) is 0 Å². The Labute approximate surface area is 99.6 Å². The largest absolute Gasteiger partial charge is 0.398 e. The molecule has 0 aliphatic heterocycles. The summed E-state index contributed by atoms with van der Waals surface area (Å²) in [7, 11) is 0. The van der Waals surface area contributed by atoms with Gasteiger partial charge in [-0.1, -0.05) is 18.2 Å². The number of nitrogens with two attached hydrogens (primary N) is 1. The molecule has 2 aromatic rings. The van der Waals surface area contributed by atoms with E-state index in [1.807, 2.05) is 12.1 Å². The lowest BCUT2D eigenvalue weighted by molar-refractivity contribution is 0.104. The first-order valence-electron chi connectivity index (χ1n) is 5.24. The molecule has 1 heterocycles. The van der Waals surface area contributed by atoms with Gasteiger partial charge in [-0.3, -0.25) is 9.78 Å². The average Bonchev–Trinajstić information content (AvgIpc) is 2.38. The maximum absolute atomic E-state index is 11.9. The lowest BCUT2D eigenvalue weighted by atomic mass is 10.1. The van der Waals surface area contributed by atoms with Crippen LogP contribution in [0.3, 0.4) is 0 Å². The van der Waals surface area contributed by atoms with Crippen molar-refractivity contribution in [2.45, 2.75) is 0 Å². The van der Waals surface area contributed by atoms with Crippen molar-refractivity contribution in [1.82, 2.24) is 4.98 Å². The van der Waals surface area contributed by atoms with E-state index in [1.54, 1.807) is 42.7 Å². The van der Waals surface area contributed by atoms with Crippen molar-refractivity contribution in [2.75, 3.05) is 5.73 Å². The Balaban J connectivity index is 2.18. The Morgan fingerprint density at radius 3 is 2.53 bits per heavy atom. The van der Waals surface area contributed by atoms with E-state index in [9.17, 15) is 4.79 Å². The number of ketones is 1. The summed E-state index contributed by atoms with van der Waals surface area (Å²) in [6.07, 6.45) is 6.62. The number of carbonyl (C=O) groups is 1. The van der Waals surface area contributed by atoms with Gasteiger partial charge in [0.1, 0.15) is 0 Å². The van der Waals surface area contributed by atoms with Crippen LogP contribution in [0.1, 0.15) is 15.9 Å².